The lowest BCUT2D eigenvalue weighted by atomic mass is 9.74. The zero-order chi connectivity index (χ0) is 20.3. The number of H-pyrrole nitrogens is 1. The summed E-state index contributed by atoms with van der Waals surface area (Å²) in [5.74, 6) is -1.19. The van der Waals surface area contributed by atoms with Gasteiger partial charge in [-0.25, -0.2) is 8.78 Å². The van der Waals surface area contributed by atoms with Crippen LogP contribution in [0.5, 0.6) is 0 Å². The van der Waals surface area contributed by atoms with Crippen LogP contribution >= 0.6 is 0 Å². The van der Waals surface area contributed by atoms with Crippen LogP contribution in [0.4, 0.5) is 8.78 Å². The Morgan fingerprint density at radius 2 is 1.86 bits per heavy atom. The number of hydrogen-bond donors (Lipinski definition) is 2. The summed E-state index contributed by atoms with van der Waals surface area (Å²) in [4.78, 5) is 8.33. The summed E-state index contributed by atoms with van der Waals surface area (Å²) in [6.45, 7) is 4.25. The summed E-state index contributed by atoms with van der Waals surface area (Å²) in [6.07, 6.45) is 1.13. The van der Waals surface area contributed by atoms with Gasteiger partial charge in [0.25, 0.3) is 0 Å². The summed E-state index contributed by atoms with van der Waals surface area (Å²) in [7, 11) is 0. The predicted molar refractivity (Wildman–Crippen MR) is 110 cm³/mol. The van der Waals surface area contributed by atoms with E-state index in [9.17, 15) is 13.9 Å². The van der Waals surface area contributed by atoms with Gasteiger partial charge in [0.15, 0.2) is 0 Å². The zero-order valence-corrected chi connectivity index (χ0v) is 16.4. The third-order valence-electron chi connectivity index (χ3n) is 5.86. The quantitative estimate of drug-likeness (QED) is 0.467. The lowest BCUT2D eigenvalue weighted by Gasteiger charge is -2.34. The molecule has 1 aliphatic rings. The number of benzene rings is 2. The molecule has 2 aromatic heterocycles. The van der Waals surface area contributed by atoms with Gasteiger partial charge < -0.3 is 10.1 Å². The molecular formula is C24H22F2N2O. The number of aromatic nitrogens is 2. The van der Waals surface area contributed by atoms with Crippen molar-refractivity contribution in [3.05, 3.63) is 76.6 Å². The Balaban J connectivity index is 1.79. The highest BCUT2D eigenvalue weighted by molar-refractivity contribution is 6.10. The number of fused-ring (bicyclic) bond motifs is 5. The van der Waals surface area contributed by atoms with E-state index in [-0.39, 0.29) is 5.41 Å². The fourth-order valence-corrected chi connectivity index (χ4v) is 4.74. The molecule has 1 aliphatic carbocycles. The first-order chi connectivity index (χ1) is 13.8. The van der Waals surface area contributed by atoms with Crippen molar-refractivity contribution in [1.82, 2.24) is 9.97 Å². The van der Waals surface area contributed by atoms with Gasteiger partial charge in [-0.2, -0.15) is 0 Å². The summed E-state index contributed by atoms with van der Waals surface area (Å²) in [6, 6.07) is 11.5. The molecule has 1 atom stereocenters. The van der Waals surface area contributed by atoms with Gasteiger partial charge in [0.05, 0.1) is 17.3 Å². The van der Waals surface area contributed by atoms with Crippen LogP contribution in [0.3, 0.4) is 0 Å². The van der Waals surface area contributed by atoms with Gasteiger partial charge >= 0.3 is 0 Å². The van der Waals surface area contributed by atoms with Crippen molar-refractivity contribution >= 4 is 21.8 Å². The molecule has 0 amide bonds. The van der Waals surface area contributed by atoms with Crippen molar-refractivity contribution in [2.24, 2.45) is 5.41 Å². The topological polar surface area (TPSA) is 48.9 Å². The first kappa shape index (κ1) is 18.3. The van der Waals surface area contributed by atoms with Crippen LogP contribution in [0, 0.1) is 17.0 Å². The van der Waals surface area contributed by atoms with E-state index in [0.717, 1.165) is 51.2 Å². The van der Waals surface area contributed by atoms with Crippen molar-refractivity contribution < 1.29 is 13.9 Å². The molecule has 2 aromatic carbocycles. The third-order valence-corrected chi connectivity index (χ3v) is 5.86. The number of hydrogen-bond acceptors (Lipinski definition) is 2. The first-order valence-corrected chi connectivity index (χ1v) is 9.86. The number of pyridine rings is 1. The number of nitrogens with zero attached hydrogens (tertiary/aromatic N) is 1. The van der Waals surface area contributed by atoms with Crippen LogP contribution in [0.1, 0.15) is 48.9 Å². The third kappa shape index (κ3) is 3.10. The van der Waals surface area contributed by atoms with Gasteiger partial charge in [-0.15, -0.1) is 0 Å². The largest absolute Gasteiger partial charge is 0.388 e. The zero-order valence-electron chi connectivity index (χ0n) is 16.4. The van der Waals surface area contributed by atoms with Crippen molar-refractivity contribution in [3.8, 4) is 0 Å². The molecule has 0 saturated carbocycles. The molecule has 5 rings (SSSR count). The average Bonchev–Trinajstić information content (AvgIpc) is 2.99. The summed E-state index contributed by atoms with van der Waals surface area (Å²) in [5, 5.41) is 13.0. The lowest BCUT2D eigenvalue weighted by molar-refractivity contribution is 0.0997. The van der Waals surface area contributed by atoms with Crippen LogP contribution in [0.2, 0.25) is 0 Å². The summed E-state index contributed by atoms with van der Waals surface area (Å²) >= 11 is 0. The van der Waals surface area contributed by atoms with Gasteiger partial charge in [0.2, 0.25) is 0 Å². The van der Waals surface area contributed by atoms with Gasteiger partial charge in [-0.05, 0) is 42.0 Å². The minimum absolute atomic E-state index is 0.0680. The smallest absolute Gasteiger partial charge is 0.126 e. The molecular weight excluding hydrogens is 370 g/mol. The Morgan fingerprint density at radius 3 is 2.62 bits per heavy atom. The molecule has 2 N–H and O–H groups in total. The van der Waals surface area contributed by atoms with Crippen molar-refractivity contribution in [1.29, 1.82) is 0 Å². The Labute approximate surface area is 167 Å². The van der Waals surface area contributed by atoms with E-state index in [0.29, 0.717) is 18.4 Å². The maximum absolute atomic E-state index is 13.7. The van der Waals surface area contributed by atoms with E-state index in [1.807, 2.05) is 24.3 Å². The maximum Gasteiger partial charge on any atom is 0.126 e. The standard InChI is InChI=1S/C24H22F2N2O/c1-24(2)11-19-22(20(29)12-24)21-16-5-3-4-6-17(16)28-23(21)18(27-19)9-13-7-14(25)10-15(26)8-13/h3-8,10,20,28-29H,9,11-12H2,1-2H3/t20-/m0/s1. The van der Waals surface area contributed by atoms with Crippen LogP contribution in [0.25, 0.3) is 21.8 Å². The highest BCUT2D eigenvalue weighted by Gasteiger charge is 2.35. The second-order valence-electron chi connectivity index (χ2n) is 8.85. The summed E-state index contributed by atoms with van der Waals surface area (Å²) < 4.78 is 27.5. The van der Waals surface area contributed by atoms with Crippen molar-refractivity contribution in [2.75, 3.05) is 0 Å². The molecule has 0 saturated heterocycles. The van der Waals surface area contributed by atoms with Gasteiger partial charge in [0, 0.05) is 40.0 Å². The van der Waals surface area contributed by atoms with Gasteiger partial charge in [-0.3, -0.25) is 4.98 Å². The van der Waals surface area contributed by atoms with Crippen LogP contribution in [-0.4, -0.2) is 15.1 Å². The highest BCUT2D eigenvalue weighted by atomic mass is 19.1. The molecule has 0 spiro atoms. The van der Waals surface area contributed by atoms with Crippen LogP contribution in [-0.2, 0) is 12.8 Å². The number of rotatable bonds is 2. The fraction of sp³-hybridized carbons (Fsp3) is 0.292. The molecule has 3 nitrogen and oxygen atoms in total. The molecule has 0 radical (unpaired) electrons. The monoisotopic (exact) mass is 392 g/mol. The lowest BCUT2D eigenvalue weighted by Crippen LogP contribution is -2.27. The van der Waals surface area contributed by atoms with Gasteiger partial charge in [-0.1, -0.05) is 32.0 Å². The summed E-state index contributed by atoms with van der Waals surface area (Å²) in [5.41, 5.74) is 4.75. The Morgan fingerprint density at radius 1 is 1.14 bits per heavy atom. The molecule has 148 valence electrons. The van der Waals surface area contributed by atoms with E-state index in [1.54, 1.807) is 0 Å². The molecule has 0 bridgehead atoms. The normalized spacial score (nSPS) is 18.3. The number of aliphatic hydroxyl groups excluding tert-OH is 1. The van der Waals surface area contributed by atoms with Crippen molar-refractivity contribution in [2.45, 2.75) is 39.2 Å². The Kier molecular flexibility index (Phi) is 4.00. The van der Waals surface area contributed by atoms with E-state index < -0.39 is 17.7 Å². The number of halogens is 2. The highest BCUT2D eigenvalue weighted by Crippen LogP contribution is 2.45. The molecule has 0 unspecified atom stereocenters. The first-order valence-electron chi connectivity index (χ1n) is 9.86. The van der Waals surface area contributed by atoms with E-state index in [2.05, 4.69) is 18.8 Å². The average molecular weight is 392 g/mol. The number of aromatic amines is 1. The molecule has 5 heteroatoms. The molecule has 2 heterocycles. The van der Waals surface area contributed by atoms with Gasteiger partial charge in [0.1, 0.15) is 11.6 Å². The van der Waals surface area contributed by atoms with Crippen LogP contribution in [0.15, 0.2) is 42.5 Å². The minimum atomic E-state index is -0.595. The SMILES string of the molecule is CC1(C)Cc2nc(Cc3cc(F)cc(F)c3)c3[nH]c4ccccc4c3c2[C@@H](O)C1. The molecule has 0 fully saturated rings. The second-order valence-corrected chi connectivity index (χ2v) is 8.85. The van der Waals surface area contributed by atoms with Crippen molar-refractivity contribution in [3.63, 3.8) is 0 Å². The fourth-order valence-electron chi connectivity index (χ4n) is 4.74. The van der Waals surface area contributed by atoms with E-state index in [1.165, 1.54) is 12.1 Å². The molecule has 0 aliphatic heterocycles. The maximum atomic E-state index is 13.7. The number of para-hydroxylation sites is 1. The Bertz CT molecular complexity index is 1240. The Hall–Kier alpha value is -2.79. The number of nitrogens with one attached hydrogen (secondary N) is 1. The minimum Gasteiger partial charge on any atom is -0.388 e. The number of aliphatic hydroxyl groups is 1. The molecule has 29 heavy (non-hydrogen) atoms. The van der Waals surface area contributed by atoms with Crippen LogP contribution < -0.4 is 0 Å². The van der Waals surface area contributed by atoms with E-state index >= 15 is 0 Å². The molecule has 4 aromatic rings. The predicted octanol–water partition coefficient (Wildman–Crippen LogP) is 5.59. The second kappa shape index (κ2) is 6.36. The van der Waals surface area contributed by atoms with E-state index in [4.69, 9.17) is 4.98 Å².